The molecule has 1 fully saturated rings. The van der Waals surface area contributed by atoms with E-state index < -0.39 is 0 Å². The summed E-state index contributed by atoms with van der Waals surface area (Å²) in [6, 6.07) is 6.05. The van der Waals surface area contributed by atoms with Gasteiger partial charge in [-0.05, 0) is 31.4 Å². The Hall–Kier alpha value is -1.68. The van der Waals surface area contributed by atoms with Gasteiger partial charge in [-0.15, -0.1) is 0 Å². The fourth-order valence-corrected chi connectivity index (χ4v) is 2.33. The van der Waals surface area contributed by atoms with Crippen molar-refractivity contribution >= 4 is 11.8 Å². The number of amides is 2. The minimum absolute atomic E-state index is 0.0882. The van der Waals surface area contributed by atoms with E-state index >= 15 is 0 Å². The second-order valence-electron chi connectivity index (χ2n) is 5.19. The zero-order valence-electron chi connectivity index (χ0n) is 11.7. The number of carbonyl (C=O) groups is 2. The number of aryl methyl sites for hydroxylation is 2. The molecule has 1 aromatic carbocycles. The molecular formula is C15H20N2O2. The fourth-order valence-electron chi connectivity index (χ4n) is 2.33. The molecule has 0 aromatic heterocycles. The molecule has 4 nitrogen and oxygen atoms in total. The normalized spacial score (nSPS) is 19.9. The molecule has 1 atom stereocenters. The molecule has 1 aromatic rings. The van der Waals surface area contributed by atoms with Gasteiger partial charge in [0.1, 0.15) is 0 Å². The first-order chi connectivity index (χ1) is 8.99. The zero-order chi connectivity index (χ0) is 14.0. The van der Waals surface area contributed by atoms with Gasteiger partial charge in [0.25, 0.3) is 0 Å². The van der Waals surface area contributed by atoms with Crippen molar-refractivity contribution in [3.05, 3.63) is 34.9 Å². The molecule has 102 valence electrons. The molecule has 19 heavy (non-hydrogen) atoms. The summed E-state index contributed by atoms with van der Waals surface area (Å²) >= 11 is 0. The third-order valence-corrected chi connectivity index (χ3v) is 3.69. The van der Waals surface area contributed by atoms with Crippen LogP contribution in [0.2, 0.25) is 0 Å². The van der Waals surface area contributed by atoms with Gasteiger partial charge in [0.15, 0.2) is 0 Å². The van der Waals surface area contributed by atoms with E-state index in [1.165, 1.54) is 21.6 Å². The highest BCUT2D eigenvalue weighted by Gasteiger charge is 2.31. The number of hydrogen-bond donors (Lipinski definition) is 1. The van der Waals surface area contributed by atoms with Crippen LogP contribution in [-0.2, 0) is 16.1 Å². The standard InChI is InChI=1S/C15H20N2O2/c1-10-4-5-11(2)12(8-10)9-16-13-6-7-14(18)17(3)15(13)19/h4-5,8,13,16H,6-7,9H2,1-3H3. The van der Waals surface area contributed by atoms with Crippen molar-refractivity contribution in [2.75, 3.05) is 7.05 Å². The lowest BCUT2D eigenvalue weighted by atomic mass is 10.0. The molecule has 4 heteroatoms. The number of imide groups is 1. The molecule has 0 bridgehead atoms. The summed E-state index contributed by atoms with van der Waals surface area (Å²) in [5.74, 6) is -0.212. The largest absolute Gasteiger partial charge is 0.302 e. The molecule has 1 unspecified atom stereocenters. The number of nitrogens with zero attached hydrogens (tertiary/aromatic N) is 1. The van der Waals surface area contributed by atoms with Gasteiger partial charge in [0.2, 0.25) is 11.8 Å². The third-order valence-electron chi connectivity index (χ3n) is 3.69. The summed E-state index contributed by atoms with van der Waals surface area (Å²) < 4.78 is 0. The van der Waals surface area contributed by atoms with Crippen LogP contribution in [0.15, 0.2) is 18.2 Å². The Labute approximate surface area is 113 Å². The number of carbonyl (C=O) groups excluding carboxylic acids is 2. The molecule has 0 spiro atoms. The van der Waals surface area contributed by atoms with E-state index in [0.717, 1.165) is 0 Å². The van der Waals surface area contributed by atoms with Crippen molar-refractivity contribution in [3.8, 4) is 0 Å². The summed E-state index contributed by atoms with van der Waals surface area (Å²) in [5.41, 5.74) is 3.63. The number of likely N-dealkylation sites (tertiary alicyclic amines) is 1. The highest BCUT2D eigenvalue weighted by Crippen LogP contribution is 2.14. The van der Waals surface area contributed by atoms with E-state index in [-0.39, 0.29) is 17.9 Å². The molecule has 2 rings (SSSR count). The molecule has 0 aliphatic carbocycles. The molecule has 2 amide bonds. The van der Waals surface area contributed by atoms with Crippen molar-refractivity contribution in [2.45, 2.75) is 39.3 Å². The summed E-state index contributed by atoms with van der Waals surface area (Å²) in [7, 11) is 1.55. The van der Waals surface area contributed by atoms with Gasteiger partial charge in [-0.25, -0.2) is 0 Å². The lowest BCUT2D eigenvalue weighted by Gasteiger charge is -2.28. The third kappa shape index (κ3) is 3.01. The SMILES string of the molecule is Cc1ccc(C)c(CNC2CCC(=O)N(C)C2=O)c1. The van der Waals surface area contributed by atoms with Crippen LogP contribution in [0.1, 0.15) is 29.5 Å². The lowest BCUT2D eigenvalue weighted by molar-refractivity contribution is -0.148. The van der Waals surface area contributed by atoms with Crippen LogP contribution < -0.4 is 5.32 Å². The van der Waals surface area contributed by atoms with E-state index in [2.05, 4.69) is 37.4 Å². The van der Waals surface area contributed by atoms with E-state index in [4.69, 9.17) is 0 Å². The Morgan fingerprint density at radius 3 is 2.79 bits per heavy atom. The Kier molecular flexibility index (Phi) is 4.00. The van der Waals surface area contributed by atoms with Gasteiger partial charge in [0.05, 0.1) is 6.04 Å². The number of piperidine rings is 1. The first kappa shape index (κ1) is 13.7. The van der Waals surface area contributed by atoms with E-state index in [9.17, 15) is 9.59 Å². The highest BCUT2D eigenvalue weighted by atomic mass is 16.2. The molecule has 1 heterocycles. The summed E-state index contributed by atoms with van der Waals surface area (Å²) in [6.45, 7) is 4.78. The Morgan fingerprint density at radius 2 is 2.05 bits per heavy atom. The highest BCUT2D eigenvalue weighted by molar-refractivity contribution is 6.00. The van der Waals surface area contributed by atoms with Crippen LogP contribution >= 0.6 is 0 Å². The minimum Gasteiger partial charge on any atom is -0.302 e. The van der Waals surface area contributed by atoms with E-state index in [1.807, 2.05) is 0 Å². The monoisotopic (exact) mass is 260 g/mol. The minimum atomic E-state index is -0.248. The molecule has 0 radical (unpaired) electrons. The Morgan fingerprint density at radius 1 is 1.32 bits per heavy atom. The molecule has 1 saturated heterocycles. The number of nitrogens with one attached hydrogen (secondary N) is 1. The zero-order valence-corrected chi connectivity index (χ0v) is 11.7. The Bertz CT molecular complexity index is 511. The summed E-state index contributed by atoms with van der Waals surface area (Å²) in [4.78, 5) is 24.6. The van der Waals surface area contributed by atoms with Gasteiger partial charge in [-0.3, -0.25) is 14.5 Å². The average molecular weight is 260 g/mol. The molecular weight excluding hydrogens is 240 g/mol. The van der Waals surface area contributed by atoms with Gasteiger partial charge in [-0.2, -0.15) is 0 Å². The maximum absolute atomic E-state index is 12.0. The van der Waals surface area contributed by atoms with Crippen molar-refractivity contribution in [1.82, 2.24) is 10.2 Å². The van der Waals surface area contributed by atoms with Crippen LogP contribution in [-0.4, -0.2) is 29.8 Å². The average Bonchev–Trinajstić information content (AvgIpc) is 2.39. The Balaban J connectivity index is 2.01. The number of likely N-dealkylation sites (N-methyl/N-ethyl adjacent to an activating group) is 1. The second-order valence-corrected chi connectivity index (χ2v) is 5.19. The van der Waals surface area contributed by atoms with E-state index in [0.29, 0.717) is 19.4 Å². The van der Waals surface area contributed by atoms with Gasteiger partial charge in [0, 0.05) is 20.0 Å². The van der Waals surface area contributed by atoms with Crippen LogP contribution in [0, 0.1) is 13.8 Å². The van der Waals surface area contributed by atoms with Gasteiger partial charge >= 0.3 is 0 Å². The van der Waals surface area contributed by atoms with Crippen molar-refractivity contribution in [1.29, 1.82) is 0 Å². The van der Waals surface area contributed by atoms with Gasteiger partial charge in [-0.1, -0.05) is 23.8 Å². The second kappa shape index (κ2) is 5.53. The molecule has 1 aliphatic rings. The van der Waals surface area contributed by atoms with Gasteiger partial charge < -0.3 is 5.32 Å². The topological polar surface area (TPSA) is 49.4 Å². The maximum Gasteiger partial charge on any atom is 0.246 e. The van der Waals surface area contributed by atoms with Crippen LogP contribution in [0.25, 0.3) is 0 Å². The summed E-state index contributed by atoms with van der Waals surface area (Å²) in [6.07, 6.45) is 1.03. The molecule has 1 N–H and O–H groups in total. The number of hydrogen-bond acceptors (Lipinski definition) is 3. The first-order valence-corrected chi connectivity index (χ1v) is 6.59. The number of benzene rings is 1. The summed E-state index contributed by atoms with van der Waals surface area (Å²) in [5, 5.41) is 3.26. The van der Waals surface area contributed by atoms with Crippen molar-refractivity contribution < 1.29 is 9.59 Å². The van der Waals surface area contributed by atoms with Crippen LogP contribution in [0.5, 0.6) is 0 Å². The number of rotatable bonds is 3. The molecule has 1 aliphatic heterocycles. The van der Waals surface area contributed by atoms with Crippen molar-refractivity contribution in [3.63, 3.8) is 0 Å². The predicted octanol–water partition coefficient (Wildman–Crippen LogP) is 1.54. The van der Waals surface area contributed by atoms with Crippen LogP contribution in [0.4, 0.5) is 0 Å². The smallest absolute Gasteiger partial charge is 0.246 e. The van der Waals surface area contributed by atoms with E-state index in [1.54, 1.807) is 7.05 Å². The fraction of sp³-hybridized carbons (Fsp3) is 0.467. The first-order valence-electron chi connectivity index (χ1n) is 6.59. The molecule has 0 saturated carbocycles. The quantitative estimate of drug-likeness (QED) is 0.839. The predicted molar refractivity (Wildman–Crippen MR) is 73.6 cm³/mol. The van der Waals surface area contributed by atoms with Crippen LogP contribution in [0.3, 0.4) is 0 Å². The lowest BCUT2D eigenvalue weighted by Crippen LogP contribution is -2.51. The maximum atomic E-state index is 12.0. The van der Waals surface area contributed by atoms with Crippen molar-refractivity contribution in [2.24, 2.45) is 0 Å².